The predicted octanol–water partition coefficient (Wildman–Crippen LogP) is 3.69. The second-order valence-corrected chi connectivity index (χ2v) is 10.6. The fourth-order valence-corrected chi connectivity index (χ4v) is 5.66. The standard InChI is InChI=1S/C28H33FN8O2/c1-16-13-37(14-17(2)31-16)24-5-4-21(26-22(24)12-30-28(34-26)33-19-6-8-39-9-7-19)27(38)32-20-10-18-15-36(3)35-25(18)23(29)11-20/h4-5,10-12,15-17,19,31H,6-9,13-14H2,1-3H3,(H,32,38)(H,30,33,34). The van der Waals surface area contributed by atoms with Crippen molar-refractivity contribution < 1.29 is 13.9 Å². The number of benzene rings is 2. The van der Waals surface area contributed by atoms with E-state index in [0.29, 0.717) is 53.4 Å². The molecule has 0 saturated carbocycles. The number of fused-ring (bicyclic) bond motifs is 2. The first-order valence-corrected chi connectivity index (χ1v) is 13.4. The second-order valence-electron chi connectivity index (χ2n) is 10.6. The molecule has 0 spiro atoms. The van der Waals surface area contributed by atoms with Crippen LogP contribution >= 0.6 is 0 Å². The Balaban J connectivity index is 1.38. The first-order chi connectivity index (χ1) is 18.8. The van der Waals surface area contributed by atoms with Gasteiger partial charge in [0, 0.05) is 86.0 Å². The van der Waals surface area contributed by atoms with E-state index in [0.717, 1.165) is 37.0 Å². The van der Waals surface area contributed by atoms with Crippen molar-refractivity contribution in [3.8, 4) is 0 Å². The zero-order chi connectivity index (χ0) is 27.1. The monoisotopic (exact) mass is 532 g/mol. The molecule has 2 aliphatic rings. The summed E-state index contributed by atoms with van der Waals surface area (Å²) in [6, 6.07) is 7.62. The molecule has 2 aromatic carbocycles. The number of rotatable bonds is 5. The fourth-order valence-electron chi connectivity index (χ4n) is 5.66. The van der Waals surface area contributed by atoms with Crippen LogP contribution in [0.4, 0.5) is 21.7 Å². The summed E-state index contributed by atoms with van der Waals surface area (Å²) in [4.78, 5) is 25.4. The zero-order valence-electron chi connectivity index (χ0n) is 22.4. The van der Waals surface area contributed by atoms with Crippen LogP contribution in [0.1, 0.15) is 37.0 Å². The molecule has 2 aromatic heterocycles. The third kappa shape index (κ3) is 5.24. The summed E-state index contributed by atoms with van der Waals surface area (Å²) in [5, 5.41) is 15.4. The number of amides is 1. The van der Waals surface area contributed by atoms with Gasteiger partial charge in [-0.15, -0.1) is 0 Å². The van der Waals surface area contributed by atoms with E-state index in [1.165, 1.54) is 6.07 Å². The molecule has 204 valence electrons. The van der Waals surface area contributed by atoms with Crippen LogP contribution in [0.25, 0.3) is 21.8 Å². The van der Waals surface area contributed by atoms with Crippen LogP contribution < -0.4 is 20.9 Å². The van der Waals surface area contributed by atoms with Gasteiger partial charge in [0.05, 0.1) is 11.1 Å². The van der Waals surface area contributed by atoms with E-state index in [1.54, 1.807) is 36.3 Å². The smallest absolute Gasteiger partial charge is 0.257 e. The Kier molecular flexibility index (Phi) is 6.78. The molecule has 2 fully saturated rings. The highest BCUT2D eigenvalue weighted by Gasteiger charge is 2.25. The summed E-state index contributed by atoms with van der Waals surface area (Å²) in [6.07, 6.45) is 5.26. The first kappa shape index (κ1) is 25.4. The number of nitrogens with zero attached hydrogens (tertiary/aromatic N) is 5. The lowest BCUT2D eigenvalue weighted by Gasteiger charge is -2.38. The van der Waals surface area contributed by atoms with Crippen molar-refractivity contribution in [1.82, 2.24) is 25.1 Å². The van der Waals surface area contributed by atoms with Crippen molar-refractivity contribution in [2.75, 3.05) is 41.8 Å². The van der Waals surface area contributed by atoms with Crippen molar-refractivity contribution in [2.45, 2.75) is 44.8 Å². The lowest BCUT2D eigenvalue weighted by Crippen LogP contribution is -2.54. The summed E-state index contributed by atoms with van der Waals surface area (Å²) in [7, 11) is 1.73. The number of halogens is 1. The van der Waals surface area contributed by atoms with Crippen LogP contribution in [-0.2, 0) is 11.8 Å². The van der Waals surface area contributed by atoms with Crippen LogP contribution in [0.5, 0.6) is 0 Å². The van der Waals surface area contributed by atoms with Gasteiger partial charge in [0.25, 0.3) is 5.91 Å². The second kappa shape index (κ2) is 10.4. The summed E-state index contributed by atoms with van der Waals surface area (Å²) in [5.41, 5.74) is 2.56. The number of carbonyl (C=O) groups excluding carboxylic acids is 1. The maximum absolute atomic E-state index is 14.7. The van der Waals surface area contributed by atoms with E-state index in [1.807, 2.05) is 6.07 Å². The topological polar surface area (TPSA) is 109 Å². The van der Waals surface area contributed by atoms with Gasteiger partial charge >= 0.3 is 0 Å². The molecule has 4 aromatic rings. The third-order valence-corrected chi connectivity index (χ3v) is 7.36. The lowest BCUT2D eigenvalue weighted by atomic mass is 10.0. The van der Waals surface area contributed by atoms with Crippen molar-refractivity contribution in [1.29, 1.82) is 0 Å². The Labute approximate surface area is 225 Å². The van der Waals surface area contributed by atoms with Gasteiger partial charge < -0.3 is 25.6 Å². The number of piperazine rings is 1. The molecule has 4 heterocycles. The van der Waals surface area contributed by atoms with Gasteiger partial charge in [0.2, 0.25) is 5.95 Å². The van der Waals surface area contributed by atoms with Gasteiger partial charge in [-0.05, 0) is 51.0 Å². The maximum Gasteiger partial charge on any atom is 0.257 e. The highest BCUT2D eigenvalue weighted by atomic mass is 19.1. The molecule has 2 unspecified atom stereocenters. The summed E-state index contributed by atoms with van der Waals surface area (Å²) in [6.45, 7) is 7.38. The van der Waals surface area contributed by atoms with Gasteiger partial charge in [0.1, 0.15) is 5.52 Å². The minimum absolute atomic E-state index is 0.209. The number of aryl methyl sites for hydroxylation is 1. The van der Waals surface area contributed by atoms with Crippen LogP contribution in [0, 0.1) is 5.82 Å². The summed E-state index contributed by atoms with van der Waals surface area (Å²) >= 11 is 0. The molecular weight excluding hydrogens is 499 g/mol. The third-order valence-electron chi connectivity index (χ3n) is 7.36. The van der Waals surface area contributed by atoms with E-state index in [-0.39, 0.29) is 17.5 Å². The SMILES string of the molecule is CC1CN(c2ccc(C(=O)Nc3cc(F)c4nn(C)cc4c3)c3nc(NC4CCOCC4)ncc23)CC(C)N1. The largest absolute Gasteiger partial charge is 0.381 e. The Morgan fingerprint density at radius 1 is 1.13 bits per heavy atom. The van der Waals surface area contributed by atoms with Crippen molar-refractivity contribution in [2.24, 2.45) is 7.05 Å². The highest BCUT2D eigenvalue weighted by Crippen LogP contribution is 2.31. The molecule has 39 heavy (non-hydrogen) atoms. The molecule has 11 heteroatoms. The van der Waals surface area contributed by atoms with Gasteiger partial charge in [-0.2, -0.15) is 5.10 Å². The summed E-state index contributed by atoms with van der Waals surface area (Å²) in [5.74, 6) is -0.381. The van der Waals surface area contributed by atoms with E-state index in [2.05, 4.69) is 44.8 Å². The van der Waals surface area contributed by atoms with Crippen LogP contribution in [-0.4, -0.2) is 70.1 Å². The Morgan fingerprint density at radius 2 is 1.90 bits per heavy atom. The number of hydrogen-bond acceptors (Lipinski definition) is 8. The van der Waals surface area contributed by atoms with Crippen molar-refractivity contribution in [3.05, 3.63) is 48.0 Å². The average molecular weight is 533 g/mol. The van der Waals surface area contributed by atoms with Gasteiger partial charge in [-0.25, -0.2) is 14.4 Å². The van der Waals surface area contributed by atoms with Gasteiger partial charge in [-0.3, -0.25) is 9.48 Å². The van der Waals surface area contributed by atoms with E-state index >= 15 is 0 Å². The molecule has 3 N–H and O–H groups in total. The van der Waals surface area contributed by atoms with E-state index in [9.17, 15) is 9.18 Å². The van der Waals surface area contributed by atoms with Crippen LogP contribution in [0.2, 0.25) is 0 Å². The Hall–Kier alpha value is -3.83. The van der Waals surface area contributed by atoms with E-state index in [4.69, 9.17) is 9.72 Å². The quantitative estimate of drug-likeness (QED) is 0.357. The molecule has 2 atom stereocenters. The summed E-state index contributed by atoms with van der Waals surface area (Å²) < 4.78 is 21.7. The molecule has 0 radical (unpaired) electrons. The van der Waals surface area contributed by atoms with Crippen LogP contribution in [0.3, 0.4) is 0 Å². The van der Waals surface area contributed by atoms with E-state index < -0.39 is 5.82 Å². The Morgan fingerprint density at radius 3 is 2.67 bits per heavy atom. The molecule has 2 saturated heterocycles. The zero-order valence-corrected chi connectivity index (χ0v) is 22.4. The molecular formula is C28H33FN8O2. The molecule has 2 aliphatic heterocycles. The Bertz CT molecular complexity index is 1520. The minimum atomic E-state index is -0.490. The van der Waals surface area contributed by atoms with Crippen LogP contribution in [0.15, 0.2) is 36.7 Å². The fraction of sp³-hybridized carbons (Fsp3) is 0.429. The molecule has 10 nitrogen and oxygen atoms in total. The minimum Gasteiger partial charge on any atom is -0.381 e. The number of ether oxygens (including phenoxy) is 1. The molecule has 0 bridgehead atoms. The molecule has 6 rings (SSSR count). The van der Waals surface area contributed by atoms with Gasteiger partial charge in [0.15, 0.2) is 5.82 Å². The number of carbonyl (C=O) groups is 1. The molecule has 0 aliphatic carbocycles. The van der Waals surface area contributed by atoms with Gasteiger partial charge in [-0.1, -0.05) is 0 Å². The maximum atomic E-state index is 14.7. The number of hydrogen-bond donors (Lipinski definition) is 3. The molecule has 1 amide bonds. The number of aromatic nitrogens is 4. The highest BCUT2D eigenvalue weighted by molar-refractivity contribution is 6.14. The number of nitrogens with one attached hydrogen (secondary N) is 3. The normalized spacial score (nSPS) is 20.5. The average Bonchev–Trinajstić information content (AvgIpc) is 3.28. The predicted molar refractivity (Wildman–Crippen MR) is 150 cm³/mol. The first-order valence-electron chi connectivity index (χ1n) is 13.4. The van der Waals surface area contributed by atoms with Crippen molar-refractivity contribution in [3.63, 3.8) is 0 Å². The number of anilines is 3. The van der Waals surface area contributed by atoms with Crippen molar-refractivity contribution >= 4 is 45.0 Å². The lowest BCUT2D eigenvalue weighted by molar-refractivity contribution is 0.0903.